The Morgan fingerprint density at radius 2 is 1.92 bits per heavy atom. The Kier molecular flexibility index (Phi) is 2.23. The lowest BCUT2D eigenvalue weighted by atomic mass is 10.0. The molecule has 0 aliphatic heterocycles. The summed E-state index contributed by atoms with van der Waals surface area (Å²) in [6.07, 6.45) is 3.77. The van der Waals surface area contributed by atoms with Gasteiger partial charge in [0.2, 0.25) is 0 Å². The van der Waals surface area contributed by atoms with E-state index in [1.54, 1.807) is 12.1 Å². The molecule has 1 fully saturated rings. The van der Waals surface area contributed by atoms with Gasteiger partial charge < -0.3 is 10.8 Å². The van der Waals surface area contributed by atoms with Crippen LogP contribution in [0.3, 0.4) is 0 Å². The molecule has 0 bridgehead atoms. The van der Waals surface area contributed by atoms with Crippen LogP contribution in [-0.2, 0) is 0 Å². The van der Waals surface area contributed by atoms with E-state index in [2.05, 4.69) is 0 Å². The van der Waals surface area contributed by atoms with E-state index in [4.69, 9.17) is 10.8 Å². The zero-order valence-corrected chi connectivity index (χ0v) is 7.61. The van der Waals surface area contributed by atoms with Gasteiger partial charge in [-0.2, -0.15) is 0 Å². The van der Waals surface area contributed by atoms with Gasteiger partial charge in [-0.3, -0.25) is 0 Å². The third-order valence-electron chi connectivity index (χ3n) is 2.61. The first-order valence-electron chi connectivity index (χ1n) is 4.80. The van der Waals surface area contributed by atoms with Crippen LogP contribution < -0.4 is 5.73 Å². The Hall–Kier alpha value is -1.02. The van der Waals surface area contributed by atoms with E-state index >= 15 is 0 Å². The maximum Gasteiger partial charge on any atom is 0.115 e. The maximum atomic E-state index is 9.09. The van der Waals surface area contributed by atoms with E-state index in [0.717, 1.165) is 17.9 Å². The lowest BCUT2D eigenvalue weighted by molar-refractivity contribution is 0.474. The molecule has 2 rings (SSSR count). The van der Waals surface area contributed by atoms with E-state index in [-0.39, 0.29) is 6.04 Å². The summed E-state index contributed by atoms with van der Waals surface area (Å²) in [7, 11) is 0. The van der Waals surface area contributed by atoms with Crippen LogP contribution in [0.4, 0.5) is 0 Å². The van der Waals surface area contributed by atoms with Crippen molar-refractivity contribution in [2.75, 3.05) is 0 Å². The van der Waals surface area contributed by atoms with Gasteiger partial charge >= 0.3 is 0 Å². The second-order valence-electron chi connectivity index (χ2n) is 3.88. The van der Waals surface area contributed by atoms with Gasteiger partial charge in [0.25, 0.3) is 0 Å². The molecule has 2 nitrogen and oxygen atoms in total. The van der Waals surface area contributed by atoms with Crippen molar-refractivity contribution in [3.8, 4) is 5.75 Å². The maximum absolute atomic E-state index is 9.09. The normalized spacial score (nSPS) is 18.5. The number of rotatable bonds is 3. The topological polar surface area (TPSA) is 46.2 Å². The molecule has 0 heterocycles. The molecule has 0 unspecified atom stereocenters. The van der Waals surface area contributed by atoms with Gasteiger partial charge in [0, 0.05) is 6.04 Å². The third kappa shape index (κ3) is 2.22. The largest absolute Gasteiger partial charge is 0.508 e. The Balaban J connectivity index is 2.01. The Bertz CT molecular complexity index is 277. The van der Waals surface area contributed by atoms with E-state index in [0.29, 0.717) is 5.75 Å². The van der Waals surface area contributed by atoms with Crippen molar-refractivity contribution in [3.05, 3.63) is 29.8 Å². The number of aromatic hydroxyl groups is 1. The fourth-order valence-electron chi connectivity index (χ4n) is 1.57. The van der Waals surface area contributed by atoms with Crippen LogP contribution in [0.25, 0.3) is 0 Å². The third-order valence-corrected chi connectivity index (χ3v) is 2.61. The van der Waals surface area contributed by atoms with Gasteiger partial charge in [-0.25, -0.2) is 0 Å². The highest BCUT2D eigenvalue weighted by atomic mass is 16.3. The molecule has 1 aliphatic rings. The fraction of sp³-hybridized carbons (Fsp3) is 0.455. The first kappa shape index (κ1) is 8.57. The van der Waals surface area contributed by atoms with Crippen LogP contribution in [-0.4, -0.2) is 5.11 Å². The van der Waals surface area contributed by atoms with Crippen LogP contribution in [0, 0.1) is 5.92 Å². The van der Waals surface area contributed by atoms with Gasteiger partial charge in [0.05, 0.1) is 0 Å². The van der Waals surface area contributed by atoms with E-state index in [1.165, 1.54) is 12.8 Å². The van der Waals surface area contributed by atoms with Crippen LogP contribution in [0.5, 0.6) is 5.75 Å². The van der Waals surface area contributed by atoms with Crippen LogP contribution >= 0.6 is 0 Å². The monoisotopic (exact) mass is 177 g/mol. The van der Waals surface area contributed by atoms with E-state index in [1.807, 2.05) is 12.1 Å². The van der Waals surface area contributed by atoms with Crippen molar-refractivity contribution in [2.45, 2.75) is 25.3 Å². The first-order chi connectivity index (χ1) is 6.25. The van der Waals surface area contributed by atoms with Crippen molar-refractivity contribution in [1.82, 2.24) is 0 Å². The summed E-state index contributed by atoms with van der Waals surface area (Å²) < 4.78 is 0. The summed E-state index contributed by atoms with van der Waals surface area (Å²) in [4.78, 5) is 0. The first-order valence-corrected chi connectivity index (χ1v) is 4.80. The molecule has 1 aromatic carbocycles. The zero-order valence-electron chi connectivity index (χ0n) is 7.61. The minimum absolute atomic E-state index is 0.146. The summed E-state index contributed by atoms with van der Waals surface area (Å²) in [6.45, 7) is 0. The van der Waals surface area contributed by atoms with Crippen LogP contribution in [0.1, 0.15) is 30.9 Å². The average Bonchev–Trinajstić information content (AvgIpc) is 2.89. The molecule has 0 saturated heterocycles. The van der Waals surface area contributed by atoms with E-state index < -0.39 is 0 Å². The molecule has 1 aromatic rings. The highest BCUT2D eigenvalue weighted by Crippen LogP contribution is 2.36. The second kappa shape index (κ2) is 3.38. The van der Waals surface area contributed by atoms with Gasteiger partial charge in [-0.15, -0.1) is 0 Å². The van der Waals surface area contributed by atoms with E-state index in [9.17, 15) is 0 Å². The molecule has 0 spiro atoms. The Morgan fingerprint density at radius 3 is 2.46 bits per heavy atom. The predicted molar refractivity (Wildman–Crippen MR) is 52.4 cm³/mol. The zero-order chi connectivity index (χ0) is 9.26. The molecule has 1 aliphatic carbocycles. The SMILES string of the molecule is N[C@@H](CC1CC1)c1ccc(O)cc1. The molecule has 3 N–H and O–H groups in total. The number of phenols is 1. The summed E-state index contributed by atoms with van der Waals surface area (Å²) in [5.74, 6) is 1.16. The van der Waals surface area contributed by atoms with Gasteiger partial charge in [-0.05, 0) is 30.0 Å². The minimum atomic E-state index is 0.146. The summed E-state index contributed by atoms with van der Waals surface area (Å²) in [6, 6.07) is 7.35. The average molecular weight is 177 g/mol. The predicted octanol–water partition coefficient (Wildman–Crippen LogP) is 2.19. The minimum Gasteiger partial charge on any atom is -0.508 e. The molecule has 0 aromatic heterocycles. The van der Waals surface area contributed by atoms with Crippen molar-refractivity contribution in [2.24, 2.45) is 11.7 Å². The van der Waals surface area contributed by atoms with Crippen molar-refractivity contribution >= 4 is 0 Å². The Labute approximate surface area is 78.4 Å². The van der Waals surface area contributed by atoms with Crippen molar-refractivity contribution in [3.63, 3.8) is 0 Å². The number of hydrogen-bond donors (Lipinski definition) is 2. The molecule has 1 saturated carbocycles. The quantitative estimate of drug-likeness (QED) is 0.743. The summed E-state index contributed by atoms with van der Waals surface area (Å²) in [5.41, 5.74) is 7.13. The molecular formula is C11H15NO. The summed E-state index contributed by atoms with van der Waals surface area (Å²) in [5, 5.41) is 9.09. The second-order valence-corrected chi connectivity index (χ2v) is 3.88. The summed E-state index contributed by atoms with van der Waals surface area (Å²) >= 11 is 0. The van der Waals surface area contributed by atoms with Crippen LogP contribution in [0.2, 0.25) is 0 Å². The molecule has 0 radical (unpaired) electrons. The highest BCUT2D eigenvalue weighted by Gasteiger charge is 2.24. The molecule has 13 heavy (non-hydrogen) atoms. The van der Waals surface area contributed by atoms with Gasteiger partial charge in [-0.1, -0.05) is 25.0 Å². The molecule has 70 valence electrons. The fourth-order valence-corrected chi connectivity index (χ4v) is 1.57. The smallest absolute Gasteiger partial charge is 0.115 e. The molecule has 2 heteroatoms. The van der Waals surface area contributed by atoms with Crippen molar-refractivity contribution in [1.29, 1.82) is 0 Å². The molecule has 1 atom stereocenters. The number of benzene rings is 1. The lowest BCUT2D eigenvalue weighted by Crippen LogP contribution is -2.10. The van der Waals surface area contributed by atoms with Gasteiger partial charge in [0.15, 0.2) is 0 Å². The van der Waals surface area contributed by atoms with Gasteiger partial charge in [0.1, 0.15) is 5.75 Å². The molecule has 0 amide bonds. The standard InChI is InChI=1S/C11H15NO/c12-11(7-8-1-2-8)9-3-5-10(13)6-4-9/h3-6,8,11,13H,1-2,7,12H2/t11-/m0/s1. The highest BCUT2D eigenvalue weighted by molar-refractivity contribution is 5.27. The number of hydrogen-bond acceptors (Lipinski definition) is 2. The number of nitrogens with two attached hydrogens (primary N) is 1. The number of phenolic OH excluding ortho intramolecular Hbond substituents is 1. The Morgan fingerprint density at radius 1 is 1.31 bits per heavy atom. The molecular weight excluding hydrogens is 162 g/mol. The van der Waals surface area contributed by atoms with Crippen molar-refractivity contribution < 1.29 is 5.11 Å². The van der Waals surface area contributed by atoms with Crippen LogP contribution in [0.15, 0.2) is 24.3 Å². The lowest BCUT2D eigenvalue weighted by Gasteiger charge is -2.10.